The van der Waals surface area contributed by atoms with Crippen LogP contribution in [0.15, 0.2) is 18.2 Å². The molecule has 1 aliphatic carbocycles. The van der Waals surface area contributed by atoms with Crippen LogP contribution in [0.3, 0.4) is 0 Å². The minimum absolute atomic E-state index is 0.00986. The molecule has 0 atom stereocenters. The molecule has 4 nitrogen and oxygen atoms in total. The molecule has 0 bridgehead atoms. The van der Waals surface area contributed by atoms with Gasteiger partial charge in [-0.15, -0.1) is 0 Å². The van der Waals surface area contributed by atoms with Gasteiger partial charge in [0.15, 0.2) is 11.5 Å². The number of para-hydroxylation sites is 1. The molecule has 1 aromatic rings. The second kappa shape index (κ2) is 3.81. The van der Waals surface area contributed by atoms with Crippen molar-refractivity contribution in [2.75, 3.05) is 6.61 Å². The fourth-order valence-electron chi connectivity index (χ4n) is 1.33. The van der Waals surface area contributed by atoms with E-state index in [9.17, 15) is 9.90 Å². The Labute approximate surface area is 87.1 Å². The number of hydrogen-bond donors (Lipinski definition) is 2. The Kier molecular flexibility index (Phi) is 2.49. The number of hydrogen-bond acceptors (Lipinski definition) is 3. The van der Waals surface area contributed by atoms with Gasteiger partial charge in [0.1, 0.15) is 5.56 Å². The van der Waals surface area contributed by atoms with Crippen LogP contribution in [0.4, 0.5) is 0 Å². The van der Waals surface area contributed by atoms with E-state index in [2.05, 4.69) is 0 Å². The molecule has 0 unspecified atom stereocenters. The third-order valence-electron chi connectivity index (χ3n) is 2.38. The van der Waals surface area contributed by atoms with Gasteiger partial charge in [0.25, 0.3) is 0 Å². The van der Waals surface area contributed by atoms with E-state index < -0.39 is 5.97 Å². The van der Waals surface area contributed by atoms with Crippen molar-refractivity contribution in [1.29, 1.82) is 0 Å². The van der Waals surface area contributed by atoms with Crippen molar-refractivity contribution in [1.82, 2.24) is 0 Å². The lowest BCUT2D eigenvalue weighted by molar-refractivity contribution is 0.0691. The zero-order valence-electron chi connectivity index (χ0n) is 8.14. The fraction of sp³-hybridized carbons (Fsp3) is 0.364. The van der Waals surface area contributed by atoms with Gasteiger partial charge in [0, 0.05) is 0 Å². The second-order valence-corrected chi connectivity index (χ2v) is 3.71. The van der Waals surface area contributed by atoms with Crippen molar-refractivity contribution in [2.45, 2.75) is 12.8 Å². The predicted molar refractivity (Wildman–Crippen MR) is 53.3 cm³/mol. The summed E-state index contributed by atoms with van der Waals surface area (Å²) < 4.78 is 5.32. The van der Waals surface area contributed by atoms with Gasteiger partial charge < -0.3 is 14.9 Å². The van der Waals surface area contributed by atoms with Gasteiger partial charge >= 0.3 is 5.97 Å². The van der Waals surface area contributed by atoms with Gasteiger partial charge in [-0.1, -0.05) is 6.07 Å². The number of benzene rings is 1. The summed E-state index contributed by atoms with van der Waals surface area (Å²) in [5.41, 5.74) is 0.00986. The Bertz CT molecular complexity index is 382. The highest BCUT2D eigenvalue weighted by Gasteiger charge is 2.24. The first-order valence-electron chi connectivity index (χ1n) is 4.86. The molecule has 0 radical (unpaired) electrons. The highest BCUT2D eigenvalue weighted by atomic mass is 16.5. The number of carbonyl (C=O) groups is 1. The third kappa shape index (κ3) is 2.21. The van der Waals surface area contributed by atoms with E-state index in [0.717, 1.165) is 12.8 Å². The Balaban J connectivity index is 2.20. The van der Waals surface area contributed by atoms with Crippen LogP contribution in [0.1, 0.15) is 23.2 Å². The van der Waals surface area contributed by atoms with Crippen molar-refractivity contribution < 1.29 is 19.7 Å². The second-order valence-electron chi connectivity index (χ2n) is 3.71. The van der Waals surface area contributed by atoms with E-state index in [1.807, 2.05) is 0 Å². The summed E-state index contributed by atoms with van der Waals surface area (Å²) >= 11 is 0. The lowest BCUT2D eigenvalue weighted by Gasteiger charge is -2.09. The molecule has 0 spiro atoms. The van der Waals surface area contributed by atoms with Crippen LogP contribution in [0.5, 0.6) is 11.5 Å². The maximum Gasteiger partial charge on any atom is 0.339 e. The standard InChI is InChI=1S/C11H12O4/c12-9-3-1-2-8(11(13)14)10(9)15-6-7-4-5-7/h1-3,7,12H,4-6H2,(H,13,14). The molecule has 1 aromatic carbocycles. The average Bonchev–Trinajstić information content (AvgIpc) is 2.99. The number of phenolic OH excluding ortho intramolecular Hbond substituents is 1. The average molecular weight is 208 g/mol. The molecule has 2 N–H and O–H groups in total. The van der Waals surface area contributed by atoms with Gasteiger partial charge in [-0.05, 0) is 30.9 Å². The molecular weight excluding hydrogens is 196 g/mol. The van der Waals surface area contributed by atoms with Crippen LogP contribution in [-0.2, 0) is 0 Å². The third-order valence-corrected chi connectivity index (χ3v) is 2.38. The number of ether oxygens (including phenoxy) is 1. The summed E-state index contributed by atoms with van der Waals surface area (Å²) in [5, 5.41) is 18.4. The maximum atomic E-state index is 10.8. The number of aromatic carboxylic acids is 1. The Morgan fingerprint density at radius 1 is 1.47 bits per heavy atom. The summed E-state index contributed by atoms with van der Waals surface area (Å²) in [6.07, 6.45) is 2.24. The molecule has 1 aliphatic rings. The van der Waals surface area contributed by atoms with E-state index in [-0.39, 0.29) is 17.1 Å². The van der Waals surface area contributed by atoms with Crippen molar-refractivity contribution in [3.05, 3.63) is 23.8 Å². The lowest BCUT2D eigenvalue weighted by atomic mass is 10.2. The Hall–Kier alpha value is -1.71. The largest absolute Gasteiger partial charge is 0.504 e. The maximum absolute atomic E-state index is 10.8. The zero-order chi connectivity index (χ0) is 10.8. The van der Waals surface area contributed by atoms with Gasteiger partial charge in [-0.3, -0.25) is 0 Å². The van der Waals surface area contributed by atoms with Crippen molar-refractivity contribution in [3.63, 3.8) is 0 Å². The smallest absolute Gasteiger partial charge is 0.339 e. The summed E-state index contributed by atoms with van der Waals surface area (Å²) in [4.78, 5) is 10.8. The van der Waals surface area contributed by atoms with E-state index in [1.54, 1.807) is 0 Å². The van der Waals surface area contributed by atoms with E-state index in [0.29, 0.717) is 12.5 Å². The van der Waals surface area contributed by atoms with Gasteiger partial charge in [-0.2, -0.15) is 0 Å². The molecule has 0 aromatic heterocycles. The van der Waals surface area contributed by atoms with E-state index in [1.165, 1.54) is 18.2 Å². The topological polar surface area (TPSA) is 66.8 Å². The first-order chi connectivity index (χ1) is 7.18. The molecule has 4 heteroatoms. The molecule has 15 heavy (non-hydrogen) atoms. The Morgan fingerprint density at radius 2 is 2.20 bits per heavy atom. The number of phenols is 1. The van der Waals surface area contributed by atoms with Crippen LogP contribution in [0.25, 0.3) is 0 Å². The molecule has 0 saturated heterocycles. The number of carboxylic acid groups (broad SMARTS) is 1. The minimum Gasteiger partial charge on any atom is -0.504 e. The molecule has 0 heterocycles. The molecule has 80 valence electrons. The SMILES string of the molecule is O=C(O)c1cccc(O)c1OCC1CC1. The normalized spacial score (nSPS) is 14.9. The number of aromatic hydroxyl groups is 1. The highest BCUT2D eigenvalue weighted by molar-refractivity contribution is 5.91. The quantitative estimate of drug-likeness (QED) is 0.792. The van der Waals surface area contributed by atoms with Crippen LogP contribution >= 0.6 is 0 Å². The number of carboxylic acids is 1. The van der Waals surface area contributed by atoms with Crippen molar-refractivity contribution >= 4 is 5.97 Å². The monoisotopic (exact) mass is 208 g/mol. The van der Waals surface area contributed by atoms with Gasteiger partial charge in [-0.25, -0.2) is 4.79 Å². The fourth-order valence-corrected chi connectivity index (χ4v) is 1.33. The molecule has 0 amide bonds. The summed E-state index contributed by atoms with van der Waals surface area (Å²) in [6.45, 7) is 0.484. The molecule has 1 fully saturated rings. The summed E-state index contributed by atoms with van der Waals surface area (Å²) in [5.74, 6) is -0.601. The number of rotatable bonds is 4. The van der Waals surface area contributed by atoms with Crippen LogP contribution in [0.2, 0.25) is 0 Å². The molecule has 0 aliphatic heterocycles. The molecule has 2 rings (SSSR count). The predicted octanol–water partition coefficient (Wildman–Crippen LogP) is 1.88. The van der Waals surface area contributed by atoms with Crippen molar-refractivity contribution in [2.24, 2.45) is 5.92 Å². The summed E-state index contributed by atoms with van der Waals surface area (Å²) in [7, 11) is 0. The first kappa shape index (κ1) is 9.83. The van der Waals surface area contributed by atoms with Crippen LogP contribution < -0.4 is 4.74 Å². The molecular formula is C11H12O4. The van der Waals surface area contributed by atoms with Gasteiger partial charge in [0.05, 0.1) is 6.61 Å². The van der Waals surface area contributed by atoms with Gasteiger partial charge in [0.2, 0.25) is 0 Å². The van der Waals surface area contributed by atoms with E-state index in [4.69, 9.17) is 9.84 Å². The van der Waals surface area contributed by atoms with E-state index >= 15 is 0 Å². The summed E-state index contributed by atoms with van der Waals surface area (Å²) in [6, 6.07) is 4.34. The lowest BCUT2D eigenvalue weighted by Crippen LogP contribution is -2.05. The highest BCUT2D eigenvalue weighted by Crippen LogP contribution is 2.34. The molecule has 1 saturated carbocycles. The zero-order valence-corrected chi connectivity index (χ0v) is 8.14. The van der Waals surface area contributed by atoms with Crippen molar-refractivity contribution in [3.8, 4) is 11.5 Å². The first-order valence-corrected chi connectivity index (χ1v) is 4.86. The van der Waals surface area contributed by atoms with Crippen LogP contribution in [0, 0.1) is 5.92 Å². The van der Waals surface area contributed by atoms with Crippen LogP contribution in [-0.4, -0.2) is 22.8 Å². The minimum atomic E-state index is -1.09. The Morgan fingerprint density at radius 3 is 2.80 bits per heavy atom.